The van der Waals surface area contributed by atoms with Crippen LogP contribution in [0.15, 0.2) is 59.8 Å². The minimum Gasteiger partial charge on any atom is -0.442 e. The summed E-state index contributed by atoms with van der Waals surface area (Å²) in [5.41, 5.74) is -2.04. The first kappa shape index (κ1) is 29.9. The number of nitrogens with one attached hydrogen (secondary N) is 2. The van der Waals surface area contributed by atoms with Crippen LogP contribution in [0.2, 0.25) is 0 Å². The van der Waals surface area contributed by atoms with Gasteiger partial charge in [0.25, 0.3) is 0 Å². The molecule has 1 aliphatic heterocycles. The molecule has 1 heterocycles. The van der Waals surface area contributed by atoms with Crippen molar-refractivity contribution in [3.05, 3.63) is 83.2 Å². The zero-order chi connectivity index (χ0) is 30.6. The Bertz CT molecular complexity index is 1520. The van der Waals surface area contributed by atoms with Gasteiger partial charge in [-0.1, -0.05) is 11.2 Å². The molecule has 3 aromatic carbocycles. The Balaban J connectivity index is 1.40. The number of nitrogens with zero attached hydrogens (tertiary/aromatic N) is 2. The van der Waals surface area contributed by atoms with E-state index in [-0.39, 0.29) is 41.5 Å². The van der Waals surface area contributed by atoms with Gasteiger partial charge in [-0.25, -0.2) is 22.8 Å². The normalized spacial score (nSPS) is 15.1. The van der Waals surface area contributed by atoms with Crippen LogP contribution in [0.25, 0.3) is 11.1 Å². The summed E-state index contributed by atoms with van der Waals surface area (Å²) in [5.74, 6) is -3.50. The van der Waals surface area contributed by atoms with Gasteiger partial charge in [0.05, 0.1) is 36.1 Å². The van der Waals surface area contributed by atoms with E-state index in [1.54, 1.807) is 0 Å². The maximum atomic E-state index is 15.0. The van der Waals surface area contributed by atoms with E-state index in [1.165, 1.54) is 13.0 Å². The molecule has 9 nitrogen and oxygen atoms in total. The lowest BCUT2D eigenvalue weighted by Gasteiger charge is -2.15. The highest BCUT2D eigenvalue weighted by molar-refractivity contribution is 5.90. The van der Waals surface area contributed by atoms with Gasteiger partial charge in [0, 0.05) is 18.2 Å². The molecule has 0 radical (unpaired) electrons. The summed E-state index contributed by atoms with van der Waals surface area (Å²) in [6.45, 7) is 1.23. The van der Waals surface area contributed by atoms with Crippen molar-refractivity contribution in [3.8, 4) is 11.1 Å². The number of rotatable bonds is 7. The number of hydrogen-bond acceptors (Lipinski definition) is 6. The van der Waals surface area contributed by atoms with Gasteiger partial charge in [-0.15, -0.1) is 0 Å². The molecule has 3 amide bonds. The zero-order valence-corrected chi connectivity index (χ0v) is 21.5. The summed E-state index contributed by atoms with van der Waals surface area (Å²) in [6, 6.07) is 8.38. The Hall–Kier alpha value is -5.08. The molecular weight excluding hydrogens is 574 g/mol. The van der Waals surface area contributed by atoms with Gasteiger partial charge in [-0.05, 0) is 54.1 Å². The monoisotopic (exact) mass is 594 g/mol. The topological polar surface area (TPSA) is 109 Å². The number of oxime groups is 1. The van der Waals surface area contributed by atoms with Crippen LogP contribution in [-0.2, 0) is 20.5 Å². The quantitative estimate of drug-likeness (QED) is 0.155. The van der Waals surface area contributed by atoms with E-state index in [2.05, 4.69) is 20.6 Å². The summed E-state index contributed by atoms with van der Waals surface area (Å²) in [6.07, 6.45) is -6.50. The average Bonchev–Trinajstić information content (AvgIpc) is 3.28. The second-order valence-electron chi connectivity index (χ2n) is 8.89. The van der Waals surface area contributed by atoms with E-state index in [0.29, 0.717) is 0 Å². The van der Waals surface area contributed by atoms with Gasteiger partial charge in [-0.3, -0.25) is 19.8 Å². The number of anilines is 2. The fourth-order valence-corrected chi connectivity index (χ4v) is 3.89. The summed E-state index contributed by atoms with van der Waals surface area (Å²) >= 11 is 0. The van der Waals surface area contributed by atoms with Crippen LogP contribution in [0.3, 0.4) is 0 Å². The van der Waals surface area contributed by atoms with Crippen LogP contribution in [0.5, 0.6) is 0 Å². The van der Waals surface area contributed by atoms with Crippen molar-refractivity contribution in [2.24, 2.45) is 5.16 Å². The predicted molar refractivity (Wildman–Crippen MR) is 137 cm³/mol. The number of halogens is 6. The van der Waals surface area contributed by atoms with Crippen LogP contribution in [0.1, 0.15) is 18.1 Å². The Morgan fingerprint density at radius 3 is 2.31 bits per heavy atom. The fourth-order valence-electron chi connectivity index (χ4n) is 3.89. The van der Waals surface area contributed by atoms with Gasteiger partial charge >= 0.3 is 18.4 Å². The summed E-state index contributed by atoms with van der Waals surface area (Å²) in [7, 11) is 0. The van der Waals surface area contributed by atoms with Crippen LogP contribution in [0, 0.1) is 17.5 Å². The van der Waals surface area contributed by atoms with Gasteiger partial charge in [0.1, 0.15) is 23.6 Å². The summed E-state index contributed by atoms with van der Waals surface area (Å²) in [4.78, 5) is 40.5. The molecule has 42 heavy (non-hydrogen) atoms. The van der Waals surface area contributed by atoms with Crippen LogP contribution in [0.4, 0.5) is 47.3 Å². The van der Waals surface area contributed by atoms with E-state index >= 15 is 0 Å². The van der Waals surface area contributed by atoms with E-state index in [0.717, 1.165) is 59.6 Å². The molecule has 1 fully saturated rings. The number of carbonyl (C=O) groups is 3. The first-order valence-electron chi connectivity index (χ1n) is 12.0. The van der Waals surface area contributed by atoms with Crippen LogP contribution < -0.4 is 15.5 Å². The highest BCUT2D eigenvalue weighted by atomic mass is 19.4. The van der Waals surface area contributed by atoms with Crippen molar-refractivity contribution in [3.63, 3.8) is 0 Å². The second kappa shape index (κ2) is 12.2. The molecule has 3 aromatic rings. The number of benzene rings is 3. The molecule has 0 aliphatic carbocycles. The van der Waals surface area contributed by atoms with Gasteiger partial charge in [0.2, 0.25) is 5.91 Å². The van der Waals surface area contributed by atoms with Crippen molar-refractivity contribution in [1.82, 2.24) is 5.32 Å². The van der Waals surface area contributed by atoms with E-state index < -0.39 is 53.0 Å². The standard InChI is InChI=1S/C27H20F6N4O5/c1-14(38)34-12-20-13-37(26(40)41-20)19-9-22(29)24(23(30)10-19)15-2-3-16(21(28)8-15)11-35-42-25(39)36-18-6-4-17(5-7-18)27(31,32)33/h2-11,20H,12-13H2,1H3,(H,34,38)(H,36,39)/b35-11+/t20-/m0/s1. The van der Waals surface area contributed by atoms with Crippen molar-refractivity contribution in [2.45, 2.75) is 19.2 Å². The van der Waals surface area contributed by atoms with Crippen LogP contribution >= 0.6 is 0 Å². The van der Waals surface area contributed by atoms with Gasteiger partial charge in [-0.2, -0.15) is 13.2 Å². The lowest BCUT2D eigenvalue weighted by molar-refractivity contribution is -0.137. The minimum absolute atomic E-state index is 0.0137. The smallest absolute Gasteiger partial charge is 0.437 e. The molecule has 2 N–H and O–H groups in total. The lowest BCUT2D eigenvalue weighted by atomic mass is 10.0. The Morgan fingerprint density at radius 1 is 1.05 bits per heavy atom. The number of hydrogen-bond donors (Lipinski definition) is 2. The Labute approximate surface area is 233 Å². The predicted octanol–water partition coefficient (Wildman–Crippen LogP) is 5.83. The molecule has 0 bridgehead atoms. The van der Waals surface area contributed by atoms with Gasteiger partial charge in [0.15, 0.2) is 0 Å². The SMILES string of the molecule is CC(=O)NC[C@H]1CN(c2cc(F)c(-c3ccc(/C=N/OC(=O)Nc4ccc(C(F)(F)F)cc4)c(F)c3)c(F)c2)C(=O)O1. The molecule has 0 unspecified atom stereocenters. The van der Waals surface area contributed by atoms with Crippen molar-refractivity contribution in [1.29, 1.82) is 0 Å². The number of amides is 3. The third-order valence-corrected chi connectivity index (χ3v) is 5.87. The summed E-state index contributed by atoms with van der Waals surface area (Å²) < 4.78 is 87.5. The molecule has 1 atom stereocenters. The van der Waals surface area contributed by atoms with E-state index in [9.17, 15) is 40.7 Å². The van der Waals surface area contributed by atoms with Crippen molar-refractivity contribution < 1.29 is 50.3 Å². The largest absolute Gasteiger partial charge is 0.442 e. The molecule has 0 spiro atoms. The lowest BCUT2D eigenvalue weighted by Crippen LogP contribution is -2.33. The first-order valence-corrected chi connectivity index (χ1v) is 12.0. The molecule has 4 rings (SSSR count). The molecule has 0 aromatic heterocycles. The number of alkyl halides is 3. The van der Waals surface area contributed by atoms with Crippen molar-refractivity contribution in [2.75, 3.05) is 23.3 Å². The minimum atomic E-state index is -4.55. The number of ether oxygens (including phenoxy) is 1. The molecule has 1 aliphatic rings. The van der Waals surface area contributed by atoms with Crippen molar-refractivity contribution >= 4 is 35.7 Å². The Morgan fingerprint density at radius 2 is 1.71 bits per heavy atom. The molecule has 15 heteroatoms. The molecule has 1 saturated heterocycles. The van der Waals surface area contributed by atoms with Gasteiger partial charge < -0.3 is 10.1 Å². The number of cyclic esters (lactones) is 1. The highest BCUT2D eigenvalue weighted by Gasteiger charge is 2.33. The maximum Gasteiger partial charge on any atom is 0.437 e. The number of carbonyl (C=O) groups excluding carboxylic acids is 3. The highest BCUT2D eigenvalue weighted by Crippen LogP contribution is 2.33. The summed E-state index contributed by atoms with van der Waals surface area (Å²) in [5, 5.41) is 7.93. The fraction of sp³-hybridized carbons (Fsp3) is 0.185. The average molecular weight is 594 g/mol. The third-order valence-electron chi connectivity index (χ3n) is 5.87. The molecule has 0 saturated carbocycles. The third kappa shape index (κ3) is 7.16. The second-order valence-corrected chi connectivity index (χ2v) is 8.89. The maximum absolute atomic E-state index is 15.0. The molecular formula is C27H20F6N4O5. The zero-order valence-electron chi connectivity index (χ0n) is 21.5. The Kier molecular flexibility index (Phi) is 8.68. The first-order chi connectivity index (χ1) is 19.8. The van der Waals surface area contributed by atoms with Crippen LogP contribution in [-0.4, -0.2) is 43.5 Å². The van der Waals surface area contributed by atoms with E-state index in [4.69, 9.17) is 4.74 Å². The van der Waals surface area contributed by atoms with E-state index in [1.807, 2.05) is 0 Å². The molecule has 220 valence electrons.